The van der Waals surface area contributed by atoms with Gasteiger partial charge in [0.2, 0.25) is 5.91 Å². The predicted octanol–water partition coefficient (Wildman–Crippen LogP) is 2.70. The summed E-state index contributed by atoms with van der Waals surface area (Å²) >= 11 is 1.66. The molecular weight excluding hydrogens is 232 g/mol. The molecule has 1 amide bonds. The molecule has 0 bridgehead atoms. The van der Waals surface area contributed by atoms with Crippen molar-refractivity contribution >= 4 is 17.2 Å². The first-order valence-electron chi connectivity index (χ1n) is 6.14. The lowest BCUT2D eigenvalue weighted by atomic mass is 10.1. The zero-order valence-corrected chi connectivity index (χ0v) is 11.6. The Morgan fingerprint density at radius 3 is 2.76 bits per heavy atom. The fourth-order valence-electron chi connectivity index (χ4n) is 1.56. The van der Waals surface area contributed by atoms with E-state index in [2.05, 4.69) is 35.9 Å². The molecule has 0 saturated carbocycles. The van der Waals surface area contributed by atoms with Gasteiger partial charge in [0, 0.05) is 12.5 Å². The van der Waals surface area contributed by atoms with Gasteiger partial charge in [-0.05, 0) is 42.3 Å². The quantitative estimate of drug-likeness (QED) is 0.735. The zero-order valence-electron chi connectivity index (χ0n) is 10.8. The third-order valence-corrected chi connectivity index (χ3v) is 3.26. The molecule has 2 N–H and O–H groups in total. The molecule has 1 aromatic heterocycles. The van der Waals surface area contributed by atoms with E-state index in [4.69, 9.17) is 0 Å². The number of rotatable bonds is 7. The number of thiophene rings is 1. The van der Waals surface area contributed by atoms with Gasteiger partial charge < -0.3 is 10.6 Å². The van der Waals surface area contributed by atoms with E-state index in [0.29, 0.717) is 12.5 Å². The van der Waals surface area contributed by atoms with Crippen LogP contribution in [0.1, 0.15) is 45.2 Å². The van der Waals surface area contributed by atoms with Crippen LogP contribution >= 0.6 is 11.3 Å². The van der Waals surface area contributed by atoms with Gasteiger partial charge in [-0.1, -0.05) is 13.8 Å². The van der Waals surface area contributed by atoms with Gasteiger partial charge >= 0.3 is 0 Å². The maximum atomic E-state index is 11.7. The molecule has 0 aliphatic carbocycles. The summed E-state index contributed by atoms with van der Waals surface area (Å²) in [6.45, 7) is 7.14. The van der Waals surface area contributed by atoms with Crippen LogP contribution < -0.4 is 10.6 Å². The van der Waals surface area contributed by atoms with E-state index in [1.807, 2.05) is 12.3 Å². The Kier molecular flexibility index (Phi) is 6.22. The van der Waals surface area contributed by atoms with Gasteiger partial charge in [-0.2, -0.15) is 11.3 Å². The van der Waals surface area contributed by atoms with E-state index in [1.54, 1.807) is 11.3 Å². The first-order chi connectivity index (χ1) is 8.09. The molecule has 0 spiro atoms. The highest BCUT2D eigenvalue weighted by Crippen LogP contribution is 2.15. The smallest absolute Gasteiger partial charge is 0.220 e. The van der Waals surface area contributed by atoms with Crippen molar-refractivity contribution in [3.63, 3.8) is 0 Å². The van der Waals surface area contributed by atoms with Gasteiger partial charge in [-0.3, -0.25) is 4.79 Å². The Labute approximate surface area is 108 Å². The number of amides is 1. The maximum absolute atomic E-state index is 11.7. The van der Waals surface area contributed by atoms with Crippen LogP contribution in [0.5, 0.6) is 0 Å². The molecule has 0 aliphatic rings. The molecule has 0 aliphatic heterocycles. The van der Waals surface area contributed by atoms with Crippen molar-refractivity contribution < 1.29 is 4.79 Å². The van der Waals surface area contributed by atoms with Gasteiger partial charge in [-0.25, -0.2) is 0 Å². The fourth-order valence-corrected chi connectivity index (χ4v) is 2.31. The Hall–Kier alpha value is -0.870. The standard InChI is InChI=1S/C13H22N2OS/c1-10(2)14-7-4-5-13(16)15-11(3)12-6-8-17-9-12/h6,8-11,14H,4-5,7H2,1-3H3,(H,15,16). The van der Waals surface area contributed by atoms with Crippen molar-refractivity contribution in [2.24, 2.45) is 0 Å². The predicted molar refractivity (Wildman–Crippen MR) is 73.2 cm³/mol. The van der Waals surface area contributed by atoms with E-state index in [-0.39, 0.29) is 11.9 Å². The SMILES string of the molecule is CC(C)NCCCC(=O)NC(C)c1ccsc1. The number of hydrogen-bond donors (Lipinski definition) is 2. The third-order valence-electron chi connectivity index (χ3n) is 2.55. The van der Waals surface area contributed by atoms with Crippen LogP contribution in [0, 0.1) is 0 Å². The molecule has 0 saturated heterocycles. The molecule has 0 radical (unpaired) electrons. The van der Waals surface area contributed by atoms with Gasteiger partial charge in [0.25, 0.3) is 0 Å². The van der Waals surface area contributed by atoms with Crippen LogP contribution in [0.15, 0.2) is 16.8 Å². The van der Waals surface area contributed by atoms with E-state index in [0.717, 1.165) is 13.0 Å². The molecular formula is C13H22N2OS. The molecule has 1 atom stereocenters. The number of carbonyl (C=O) groups excluding carboxylic acids is 1. The van der Waals surface area contributed by atoms with Gasteiger partial charge in [0.1, 0.15) is 0 Å². The summed E-state index contributed by atoms with van der Waals surface area (Å²) in [6, 6.07) is 2.66. The summed E-state index contributed by atoms with van der Waals surface area (Å²) in [5.74, 6) is 0.134. The molecule has 1 heterocycles. The van der Waals surface area contributed by atoms with Gasteiger partial charge in [0.05, 0.1) is 6.04 Å². The average molecular weight is 254 g/mol. The van der Waals surface area contributed by atoms with Crippen molar-refractivity contribution in [2.45, 2.75) is 45.7 Å². The summed E-state index contributed by atoms with van der Waals surface area (Å²) in [6.07, 6.45) is 1.48. The highest BCUT2D eigenvalue weighted by Gasteiger charge is 2.09. The Morgan fingerprint density at radius 2 is 2.18 bits per heavy atom. The van der Waals surface area contributed by atoms with E-state index >= 15 is 0 Å². The first-order valence-corrected chi connectivity index (χ1v) is 7.08. The van der Waals surface area contributed by atoms with Crippen LogP contribution in [0.2, 0.25) is 0 Å². The molecule has 17 heavy (non-hydrogen) atoms. The average Bonchev–Trinajstić information content (AvgIpc) is 2.77. The van der Waals surface area contributed by atoms with Crippen molar-refractivity contribution in [1.29, 1.82) is 0 Å². The minimum absolute atomic E-state index is 0.117. The highest BCUT2D eigenvalue weighted by atomic mass is 32.1. The lowest BCUT2D eigenvalue weighted by Crippen LogP contribution is -2.28. The highest BCUT2D eigenvalue weighted by molar-refractivity contribution is 7.07. The lowest BCUT2D eigenvalue weighted by molar-refractivity contribution is -0.121. The van der Waals surface area contributed by atoms with Crippen molar-refractivity contribution in [2.75, 3.05) is 6.54 Å². The van der Waals surface area contributed by atoms with Gasteiger partial charge in [-0.15, -0.1) is 0 Å². The maximum Gasteiger partial charge on any atom is 0.220 e. The minimum Gasteiger partial charge on any atom is -0.350 e. The monoisotopic (exact) mass is 254 g/mol. The summed E-state index contributed by atoms with van der Waals surface area (Å²) in [5.41, 5.74) is 1.18. The van der Waals surface area contributed by atoms with Crippen LogP contribution in [0.4, 0.5) is 0 Å². The lowest BCUT2D eigenvalue weighted by Gasteiger charge is -2.13. The minimum atomic E-state index is 0.117. The second-order valence-corrected chi connectivity index (χ2v) is 5.34. The second-order valence-electron chi connectivity index (χ2n) is 4.56. The van der Waals surface area contributed by atoms with E-state index in [9.17, 15) is 4.79 Å². The van der Waals surface area contributed by atoms with Crippen LogP contribution in [-0.4, -0.2) is 18.5 Å². The zero-order chi connectivity index (χ0) is 12.7. The van der Waals surface area contributed by atoms with Crippen LogP contribution in [0.25, 0.3) is 0 Å². The Balaban J connectivity index is 2.17. The summed E-state index contributed by atoms with van der Waals surface area (Å²) in [4.78, 5) is 11.7. The third kappa shape index (κ3) is 5.84. The first kappa shape index (κ1) is 14.2. The Morgan fingerprint density at radius 1 is 1.41 bits per heavy atom. The molecule has 0 fully saturated rings. The van der Waals surface area contributed by atoms with E-state index in [1.165, 1.54) is 5.56 Å². The van der Waals surface area contributed by atoms with Crippen LogP contribution in [0.3, 0.4) is 0 Å². The fraction of sp³-hybridized carbons (Fsp3) is 0.615. The van der Waals surface area contributed by atoms with E-state index < -0.39 is 0 Å². The summed E-state index contributed by atoms with van der Waals surface area (Å²) in [5, 5.41) is 10.4. The van der Waals surface area contributed by atoms with Gasteiger partial charge in [0.15, 0.2) is 0 Å². The molecule has 1 rings (SSSR count). The van der Waals surface area contributed by atoms with Crippen LogP contribution in [-0.2, 0) is 4.79 Å². The number of nitrogens with one attached hydrogen (secondary N) is 2. The molecule has 3 nitrogen and oxygen atoms in total. The summed E-state index contributed by atoms with van der Waals surface area (Å²) < 4.78 is 0. The molecule has 1 aromatic rings. The summed E-state index contributed by atoms with van der Waals surface area (Å²) in [7, 11) is 0. The van der Waals surface area contributed by atoms with Crippen molar-refractivity contribution in [3.05, 3.63) is 22.4 Å². The largest absolute Gasteiger partial charge is 0.350 e. The molecule has 0 aromatic carbocycles. The van der Waals surface area contributed by atoms with Crippen molar-refractivity contribution in [1.82, 2.24) is 10.6 Å². The number of hydrogen-bond acceptors (Lipinski definition) is 3. The Bertz CT molecular complexity index is 322. The number of carbonyl (C=O) groups is 1. The normalized spacial score (nSPS) is 12.7. The molecule has 4 heteroatoms. The van der Waals surface area contributed by atoms with Crippen molar-refractivity contribution in [3.8, 4) is 0 Å². The molecule has 96 valence electrons. The topological polar surface area (TPSA) is 41.1 Å². The molecule has 1 unspecified atom stereocenters. The second kappa shape index (κ2) is 7.45.